The van der Waals surface area contributed by atoms with E-state index in [1.54, 1.807) is 0 Å². The zero-order valence-corrected chi connectivity index (χ0v) is 5.64. The summed E-state index contributed by atoms with van der Waals surface area (Å²) < 4.78 is 0. The Morgan fingerprint density at radius 3 is 2.14 bits per heavy atom. The minimum Gasteiger partial charge on any atom is -0.0837 e. The molecule has 0 heterocycles. The third kappa shape index (κ3) is 6.09. The van der Waals surface area contributed by atoms with E-state index in [0.717, 1.165) is 6.42 Å². The predicted molar refractivity (Wildman–Crippen MR) is 36.4 cm³/mol. The van der Waals surface area contributed by atoms with Gasteiger partial charge in [0.2, 0.25) is 0 Å². The predicted octanol–water partition coefficient (Wildman–Crippen LogP) is 2.11. The molecule has 0 unspecified atom stereocenters. The first-order valence-corrected chi connectivity index (χ1v) is 2.67. The summed E-state index contributed by atoms with van der Waals surface area (Å²) in [5.41, 5.74) is 0.0851. The van der Waals surface area contributed by atoms with Crippen molar-refractivity contribution in [2.24, 2.45) is 5.41 Å². The van der Waals surface area contributed by atoms with E-state index in [4.69, 9.17) is 0 Å². The van der Waals surface area contributed by atoms with Crippen LogP contribution in [0, 0.1) is 12.3 Å². The summed E-state index contributed by atoms with van der Waals surface area (Å²) in [6.07, 6.45) is 0.794. The minimum atomic E-state index is 0.0851. The smallest absolute Gasteiger partial charge is 0.0297 e. The summed E-state index contributed by atoms with van der Waals surface area (Å²) in [6.45, 7) is 7.90. The lowest BCUT2D eigenvalue weighted by Crippen LogP contribution is -2.04. The van der Waals surface area contributed by atoms with Gasteiger partial charge in [0.25, 0.3) is 0 Å². The van der Waals surface area contributed by atoms with Crippen molar-refractivity contribution in [2.75, 3.05) is 0 Å². The molecule has 2 radical (unpaired) electrons. The molecule has 0 bridgehead atoms. The molecule has 0 aromatic heterocycles. The van der Waals surface area contributed by atoms with E-state index in [-0.39, 0.29) is 5.41 Å². The van der Waals surface area contributed by atoms with E-state index in [1.165, 1.54) is 0 Å². The van der Waals surface area contributed by atoms with Gasteiger partial charge < -0.3 is 0 Å². The second-order valence-electron chi connectivity index (χ2n) is 2.49. The molecule has 40 valence electrons. The van der Waals surface area contributed by atoms with E-state index >= 15 is 0 Å². The lowest BCUT2D eigenvalue weighted by Gasteiger charge is -2.12. The van der Waals surface area contributed by atoms with Crippen LogP contribution in [-0.4, -0.2) is 5.37 Å². The molecule has 0 aliphatic rings. The largest absolute Gasteiger partial charge is 0.0837 e. The van der Waals surface area contributed by atoms with Gasteiger partial charge in [0.05, 0.1) is 0 Å². The van der Waals surface area contributed by atoms with Crippen LogP contribution in [0.2, 0.25) is 0 Å². The van der Waals surface area contributed by atoms with Crippen LogP contribution in [0.15, 0.2) is 0 Å². The highest BCUT2D eigenvalue weighted by Crippen LogP contribution is 2.15. The molecule has 0 spiro atoms. The average Bonchev–Trinajstić information content (AvgIpc) is 1.30. The SMILES string of the molecule is [CH2]C(C)(C)C[C]=S. The topological polar surface area (TPSA) is 0 Å². The van der Waals surface area contributed by atoms with Gasteiger partial charge in [-0.15, -0.1) is 0 Å². The fourth-order valence-electron chi connectivity index (χ4n) is 0.195. The van der Waals surface area contributed by atoms with E-state index in [2.05, 4.69) is 24.5 Å². The molecule has 0 aromatic rings. The van der Waals surface area contributed by atoms with Gasteiger partial charge in [-0.25, -0.2) is 0 Å². The first kappa shape index (κ1) is 7.09. The first-order chi connectivity index (χ1) is 3.06. The molecule has 0 aliphatic carbocycles. The van der Waals surface area contributed by atoms with Gasteiger partial charge in [-0.05, 0) is 18.8 Å². The van der Waals surface area contributed by atoms with Crippen LogP contribution in [0.3, 0.4) is 0 Å². The molecule has 1 heteroatoms. The molecule has 0 amide bonds. The Hall–Kier alpha value is 0.0900. The molecule has 7 heavy (non-hydrogen) atoms. The van der Waals surface area contributed by atoms with Crippen molar-refractivity contribution in [1.82, 2.24) is 0 Å². The van der Waals surface area contributed by atoms with Crippen molar-refractivity contribution in [3.05, 3.63) is 6.92 Å². The van der Waals surface area contributed by atoms with Crippen molar-refractivity contribution in [1.29, 1.82) is 0 Å². The normalized spacial score (nSPS) is 11.3. The number of rotatable bonds is 2. The minimum absolute atomic E-state index is 0.0851. The summed E-state index contributed by atoms with van der Waals surface area (Å²) >= 11 is 4.51. The fourth-order valence-corrected chi connectivity index (χ4v) is 0.586. The van der Waals surface area contributed by atoms with E-state index in [0.29, 0.717) is 0 Å². The number of thiocarbonyl (C=S) groups is 1. The second kappa shape index (κ2) is 2.41. The highest BCUT2D eigenvalue weighted by Gasteiger charge is 2.06. The van der Waals surface area contributed by atoms with Gasteiger partial charge in [-0.1, -0.05) is 26.1 Å². The summed E-state index contributed by atoms with van der Waals surface area (Å²) in [4.78, 5) is 0. The summed E-state index contributed by atoms with van der Waals surface area (Å²) in [6, 6.07) is 0. The lowest BCUT2D eigenvalue weighted by molar-refractivity contribution is 0.505. The molecule has 0 rings (SSSR count). The standard InChI is InChI=1S/C6H10S/c1-6(2,3)4-5-7/h1,4H2,2-3H3. The van der Waals surface area contributed by atoms with Crippen LogP contribution in [-0.2, 0) is 0 Å². The summed E-state index contributed by atoms with van der Waals surface area (Å²) in [7, 11) is 0. The highest BCUT2D eigenvalue weighted by molar-refractivity contribution is 7.78. The molecule has 0 atom stereocenters. The van der Waals surface area contributed by atoms with Gasteiger partial charge in [-0.2, -0.15) is 0 Å². The Kier molecular flexibility index (Phi) is 2.44. The van der Waals surface area contributed by atoms with Gasteiger partial charge in [-0.3, -0.25) is 0 Å². The monoisotopic (exact) mass is 114 g/mol. The molecule has 0 saturated carbocycles. The molecule has 0 aromatic carbocycles. The molecule has 0 fully saturated rings. The Morgan fingerprint density at radius 2 is 2.14 bits per heavy atom. The average molecular weight is 114 g/mol. The Bertz CT molecular complexity index is 59.1. The third-order valence-corrected chi connectivity index (χ3v) is 0.695. The van der Waals surface area contributed by atoms with Gasteiger partial charge in [0, 0.05) is 5.37 Å². The fraction of sp³-hybridized carbons (Fsp3) is 0.667. The van der Waals surface area contributed by atoms with Crippen LogP contribution in [0.1, 0.15) is 20.3 Å². The van der Waals surface area contributed by atoms with E-state index in [1.807, 2.05) is 13.8 Å². The van der Waals surface area contributed by atoms with Crippen LogP contribution in [0.25, 0.3) is 0 Å². The van der Waals surface area contributed by atoms with Crippen molar-refractivity contribution < 1.29 is 0 Å². The Labute approximate surface area is 50.9 Å². The third-order valence-electron chi connectivity index (χ3n) is 0.551. The number of hydrogen-bond donors (Lipinski definition) is 0. The Balaban J connectivity index is 3.34. The molecule has 0 aliphatic heterocycles. The lowest BCUT2D eigenvalue weighted by atomic mass is 9.94. The van der Waals surface area contributed by atoms with Crippen LogP contribution < -0.4 is 0 Å². The maximum atomic E-state index is 4.51. The van der Waals surface area contributed by atoms with Crippen molar-refractivity contribution in [2.45, 2.75) is 20.3 Å². The molecular weight excluding hydrogens is 104 g/mol. The number of hydrogen-bond acceptors (Lipinski definition) is 1. The molecule has 0 nitrogen and oxygen atoms in total. The zero-order chi connectivity index (χ0) is 5.91. The first-order valence-electron chi connectivity index (χ1n) is 2.26. The summed E-state index contributed by atoms with van der Waals surface area (Å²) in [5.74, 6) is 0. The summed E-state index contributed by atoms with van der Waals surface area (Å²) in [5, 5.41) is 2.63. The van der Waals surface area contributed by atoms with Crippen molar-refractivity contribution in [3.63, 3.8) is 0 Å². The molecular formula is C6H10S. The Morgan fingerprint density at radius 1 is 1.71 bits per heavy atom. The van der Waals surface area contributed by atoms with Gasteiger partial charge >= 0.3 is 0 Å². The molecule has 0 saturated heterocycles. The maximum Gasteiger partial charge on any atom is 0.0297 e. The zero-order valence-electron chi connectivity index (χ0n) is 4.82. The molecule has 0 N–H and O–H groups in total. The highest BCUT2D eigenvalue weighted by atomic mass is 32.1. The maximum absolute atomic E-state index is 4.51. The van der Waals surface area contributed by atoms with Crippen molar-refractivity contribution in [3.8, 4) is 0 Å². The van der Waals surface area contributed by atoms with E-state index < -0.39 is 0 Å². The van der Waals surface area contributed by atoms with Gasteiger partial charge in [0.1, 0.15) is 0 Å². The van der Waals surface area contributed by atoms with E-state index in [9.17, 15) is 0 Å². The van der Waals surface area contributed by atoms with Crippen molar-refractivity contribution >= 4 is 17.6 Å². The van der Waals surface area contributed by atoms with Crippen LogP contribution in [0.4, 0.5) is 0 Å². The van der Waals surface area contributed by atoms with Crippen LogP contribution >= 0.6 is 12.2 Å². The second-order valence-corrected chi connectivity index (χ2v) is 2.77. The van der Waals surface area contributed by atoms with Gasteiger partial charge in [0.15, 0.2) is 0 Å². The van der Waals surface area contributed by atoms with Crippen LogP contribution in [0.5, 0.6) is 0 Å². The quantitative estimate of drug-likeness (QED) is 0.495.